The van der Waals surface area contributed by atoms with E-state index in [1.165, 1.54) is 6.20 Å². The van der Waals surface area contributed by atoms with Crippen molar-refractivity contribution in [3.05, 3.63) is 82.6 Å². The summed E-state index contributed by atoms with van der Waals surface area (Å²) in [4.78, 5) is 17.2. The molecule has 0 saturated heterocycles. The van der Waals surface area contributed by atoms with Gasteiger partial charge in [0.1, 0.15) is 5.75 Å². The van der Waals surface area contributed by atoms with Crippen molar-refractivity contribution >= 4 is 23.0 Å². The average Bonchev–Trinajstić information content (AvgIpc) is 3.11. The van der Waals surface area contributed by atoms with E-state index < -0.39 is 0 Å². The predicted octanol–water partition coefficient (Wildman–Crippen LogP) is 4.55. The first kappa shape index (κ1) is 17.2. The number of benzene rings is 2. The molecule has 0 amide bonds. The number of hydrogen-bond acceptors (Lipinski definition) is 4. The fourth-order valence-electron chi connectivity index (χ4n) is 2.90. The van der Waals surface area contributed by atoms with Crippen LogP contribution in [0.2, 0.25) is 5.02 Å². The van der Waals surface area contributed by atoms with Gasteiger partial charge in [-0.3, -0.25) is 4.79 Å². The van der Waals surface area contributed by atoms with Crippen LogP contribution in [0.1, 0.15) is 28.4 Å². The van der Waals surface area contributed by atoms with E-state index in [0.29, 0.717) is 16.2 Å². The number of phenols is 1. The zero-order valence-electron chi connectivity index (χ0n) is 14.6. The minimum atomic E-state index is -0.291. The molecular weight excluding hydrogens is 362 g/mol. The minimum Gasteiger partial charge on any atom is -0.507 e. The number of halogens is 1. The van der Waals surface area contributed by atoms with Crippen LogP contribution in [0.25, 0.3) is 16.9 Å². The minimum absolute atomic E-state index is 0.0420. The molecule has 0 unspecified atom stereocenters. The van der Waals surface area contributed by atoms with E-state index in [0.717, 1.165) is 23.2 Å². The molecule has 1 N–H and O–H groups in total. The largest absolute Gasteiger partial charge is 0.507 e. The van der Waals surface area contributed by atoms with Gasteiger partial charge in [0.25, 0.3) is 0 Å². The Hall–Kier alpha value is -3.18. The Morgan fingerprint density at radius 1 is 1.15 bits per heavy atom. The van der Waals surface area contributed by atoms with Gasteiger partial charge in [0.2, 0.25) is 0 Å². The topological polar surface area (TPSA) is 67.5 Å². The summed E-state index contributed by atoms with van der Waals surface area (Å²) < 4.78 is 1.57. The van der Waals surface area contributed by atoms with Crippen LogP contribution >= 0.6 is 11.6 Å². The first-order valence-electron chi connectivity index (χ1n) is 8.53. The number of aromatic nitrogens is 3. The summed E-state index contributed by atoms with van der Waals surface area (Å²) in [6.45, 7) is 2.00. The van der Waals surface area contributed by atoms with E-state index in [9.17, 15) is 9.90 Å². The van der Waals surface area contributed by atoms with Gasteiger partial charge in [-0.15, -0.1) is 0 Å². The van der Waals surface area contributed by atoms with Crippen LogP contribution in [-0.4, -0.2) is 25.5 Å². The molecule has 0 aliphatic rings. The summed E-state index contributed by atoms with van der Waals surface area (Å²) in [5.41, 5.74) is 3.88. The number of carbonyl (C=O) groups excluding carboxylic acids is 1. The van der Waals surface area contributed by atoms with Gasteiger partial charge in [0, 0.05) is 29.0 Å². The molecule has 27 heavy (non-hydrogen) atoms. The molecule has 0 aliphatic heterocycles. The van der Waals surface area contributed by atoms with Crippen LogP contribution in [0.4, 0.5) is 0 Å². The maximum absolute atomic E-state index is 12.8. The molecule has 0 aliphatic carbocycles. The van der Waals surface area contributed by atoms with Crippen molar-refractivity contribution in [1.82, 2.24) is 14.6 Å². The summed E-state index contributed by atoms with van der Waals surface area (Å²) in [5.74, 6) is -0.333. The second-order valence-corrected chi connectivity index (χ2v) is 6.65. The van der Waals surface area contributed by atoms with Crippen molar-refractivity contribution in [1.29, 1.82) is 0 Å². The Morgan fingerprint density at radius 3 is 2.67 bits per heavy atom. The first-order valence-corrected chi connectivity index (χ1v) is 8.91. The second kappa shape index (κ2) is 6.85. The zero-order valence-corrected chi connectivity index (χ0v) is 15.3. The molecule has 4 aromatic rings. The highest BCUT2D eigenvalue weighted by molar-refractivity contribution is 6.30. The number of phenolic OH excluding ortho intramolecular Hbond substituents is 1. The lowest BCUT2D eigenvalue weighted by Crippen LogP contribution is -2.05. The fourth-order valence-corrected chi connectivity index (χ4v) is 3.02. The molecular formula is C21H16ClN3O2. The third kappa shape index (κ3) is 3.29. The number of aryl methyl sites for hydroxylation is 1. The van der Waals surface area contributed by atoms with Crippen molar-refractivity contribution in [2.45, 2.75) is 13.3 Å². The maximum Gasteiger partial charge on any atom is 0.199 e. The first-order chi connectivity index (χ1) is 13.0. The summed E-state index contributed by atoms with van der Waals surface area (Å²) in [6, 6.07) is 14.3. The fraction of sp³-hybridized carbons (Fsp3) is 0.0952. The monoisotopic (exact) mass is 377 g/mol. The van der Waals surface area contributed by atoms with Crippen LogP contribution in [-0.2, 0) is 6.42 Å². The highest BCUT2D eigenvalue weighted by Gasteiger charge is 2.16. The zero-order chi connectivity index (χ0) is 19.0. The summed E-state index contributed by atoms with van der Waals surface area (Å²) in [5, 5.41) is 15.2. The van der Waals surface area contributed by atoms with Crippen molar-refractivity contribution in [3.8, 4) is 17.0 Å². The molecule has 0 fully saturated rings. The number of rotatable bonds is 4. The second-order valence-electron chi connectivity index (χ2n) is 6.22. The van der Waals surface area contributed by atoms with E-state index in [-0.39, 0.29) is 17.1 Å². The molecule has 0 radical (unpaired) electrons. The molecule has 4 rings (SSSR count). The summed E-state index contributed by atoms with van der Waals surface area (Å²) >= 11 is 5.93. The van der Waals surface area contributed by atoms with Crippen LogP contribution < -0.4 is 0 Å². The van der Waals surface area contributed by atoms with Gasteiger partial charge in [-0.25, -0.2) is 9.50 Å². The molecule has 2 aromatic carbocycles. The smallest absolute Gasteiger partial charge is 0.199 e. The lowest BCUT2D eigenvalue weighted by Gasteiger charge is -2.06. The third-order valence-corrected chi connectivity index (χ3v) is 4.68. The van der Waals surface area contributed by atoms with E-state index in [1.807, 2.05) is 25.1 Å². The Balaban J connectivity index is 1.73. The van der Waals surface area contributed by atoms with Gasteiger partial charge in [-0.2, -0.15) is 5.10 Å². The van der Waals surface area contributed by atoms with Crippen molar-refractivity contribution in [3.63, 3.8) is 0 Å². The Morgan fingerprint density at radius 2 is 1.93 bits per heavy atom. The van der Waals surface area contributed by atoms with Gasteiger partial charge in [0.15, 0.2) is 11.4 Å². The molecule has 0 bridgehead atoms. The van der Waals surface area contributed by atoms with Crippen LogP contribution in [0.3, 0.4) is 0 Å². The van der Waals surface area contributed by atoms with Crippen LogP contribution in [0, 0.1) is 0 Å². The lowest BCUT2D eigenvalue weighted by atomic mass is 10.0. The molecule has 6 heteroatoms. The highest BCUT2D eigenvalue weighted by Crippen LogP contribution is 2.24. The number of carbonyl (C=O) groups is 1. The highest BCUT2D eigenvalue weighted by atomic mass is 35.5. The number of ketones is 1. The predicted molar refractivity (Wildman–Crippen MR) is 104 cm³/mol. The van der Waals surface area contributed by atoms with Crippen molar-refractivity contribution < 1.29 is 9.90 Å². The van der Waals surface area contributed by atoms with Crippen LogP contribution in [0.5, 0.6) is 5.75 Å². The average molecular weight is 378 g/mol. The number of hydrogen-bond donors (Lipinski definition) is 1. The quantitative estimate of drug-likeness (QED) is 0.530. The molecule has 2 heterocycles. The van der Waals surface area contributed by atoms with Gasteiger partial charge in [-0.1, -0.05) is 36.7 Å². The summed E-state index contributed by atoms with van der Waals surface area (Å²) in [6.07, 6.45) is 3.91. The van der Waals surface area contributed by atoms with Crippen LogP contribution in [0.15, 0.2) is 60.9 Å². The van der Waals surface area contributed by atoms with Crippen molar-refractivity contribution in [2.24, 2.45) is 0 Å². The van der Waals surface area contributed by atoms with E-state index in [4.69, 9.17) is 11.6 Å². The summed E-state index contributed by atoms with van der Waals surface area (Å²) in [7, 11) is 0. The molecule has 0 atom stereocenters. The standard InChI is InChI=1S/C21H16ClN3O2/c1-2-13-3-8-19(26)17(9-13)21(27)15-11-23-20-10-18(24-25(20)12-15)14-4-6-16(22)7-5-14/h3-12,26H,2H2,1H3. The molecule has 5 nitrogen and oxygen atoms in total. The Kier molecular flexibility index (Phi) is 4.38. The molecule has 0 spiro atoms. The number of nitrogens with zero attached hydrogens (tertiary/aromatic N) is 3. The van der Waals surface area contributed by atoms with E-state index in [1.54, 1.807) is 41.0 Å². The Bertz CT molecular complexity index is 1150. The van der Waals surface area contributed by atoms with Crippen molar-refractivity contribution in [2.75, 3.05) is 0 Å². The maximum atomic E-state index is 12.8. The number of aromatic hydroxyl groups is 1. The van der Waals surface area contributed by atoms with Gasteiger partial charge in [-0.05, 0) is 36.2 Å². The molecule has 0 saturated carbocycles. The normalized spacial score (nSPS) is 11.0. The van der Waals surface area contributed by atoms with E-state index in [2.05, 4.69) is 10.1 Å². The van der Waals surface area contributed by atoms with Gasteiger partial charge >= 0.3 is 0 Å². The third-order valence-electron chi connectivity index (χ3n) is 4.43. The SMILES string of the molecule is CCc1ccc(O)c(C(=O)c2cnc3cc(-c4ccc(Cl)cc4)nn3c2)c1. The Labute approximate surface area is 160 Å². The van der Waals surface area contributed by atoms with E-state index >= 15 is 0 Å². The van der Waals surface area contributed by atoms with Gasteiger partial charge < -0.3 is 5.11 Å². The lowest BCUT2D eigenvalue weighted by molar-refractivity contribution is 0.103. The van der Waals surface area contributed by atoms with Gasteiger partial charge in [0.05, 0.1) is 16.8 Å². The molecule has 134 valence electrons. The molecule has 2 aromatic heterocycles. The number of fused-ring (bicyclic) bond motifs is 1.